The van der Waals surface area contributed by atoms with Crippen LogP contribution >= 0.6 is 0 Å². The van der Waals surface area contributed by atoms with Crippen LogP contribution in [0.15, 0.2) is 0 Å². The van der Waals surface area contributed by atoms with E-state index in [1.807, 2.05) is 0 Å². The summed E-state index contributed by atoms with van der Waals surface area (Å²) in [7, 11) is 4.16. The molecule has 1 rings (SSSR count). The fraction of sp³-hybridized carbons (Fsp3) is 1.00. The van der Waals surface area contributed by atoms with Gasteiger partial charge in [-0.1, -0.05) is 0 Å². The van der Waals surface area contributed by atoms with E-state index in [1.165, 1.54) is 6.42 Å². The van der Waals surface area contributed by atoms with E-state index in [4.69, 9.17) is 9.47 Å². The van der Waals surface area contributed by atoms with Gasteiger partial charge in [0.15, 0.2) is 0 Å². The predicted molar refractivity (Wildman–Crippen MR) is 61.2 cm³/mol. The second-order valence-corrected chi connectivity index (χ2v) is 4.26. The third-order valence-corrected chi connectivity index (χ3v) is 2.49. The minimum absolute atomic E-state index is 0.353. The Morgan fingerprint density at radius 2 is 2.27 bits per heavy atom. The van der Waals surface area contributed by atoms with Crippen molar-refractivity contribution in [3.05, 3.63) is 0 Å². The van der Waals surface area contributed by atoms with Crippen molar-refractivity contribution in [3.63, 3.8) is 0 Å². The average Bonchev–Trinajstić information content (AvgIpc) is 2.68. The highest BCUT2D eigenvalue weighted by atomic mass is 16.5. The van der Waals surface area contributed by atoms with Crippen LogP contribution in [-0.2, 0) is 9.47 Å². The summed E-state index contributed by atoms with van der Waals surface area (Å²) in [5.74, 6) is 0. The fourth-order valence-corrected chi connectivity index (χ4v) is 1.56. The molecule has 1 aliphatic heterocycles. The average molecular weight is 216 g/mol. The van der Waals surface area contributed by atoms with E-state index in [9.17, 15) is 0 Å². The Bertz CT molecular complexity index is 148. The molecule has 0 aromatic carbocycles. The van der Waals surface area contributed by atoms with Crippen molar-refractivity contribution in [1.29, 1.82) is 0 Å². The molecule has 90 valence electrons. The molecule has 15 heavy (non-hydrogen) atoms. The molecule has 0 amide bonds. The van der Waals surface area contributed by atoms with Gasteiger partial charge >= 0.3 is 0 Å². The summed E-state index contributed by atoms with van der Waals surface area (Å²) in [6.45, 7) is 5.49. The van der Waals surface area contributed by atoms with Gasteiger partial charge in [0, 0.05) is 26.2 Å². The number of hydrogen-bond donors (Lipinski definition) is 1. The van der Waals surface area contributed by atoms with E-state index in [-0.39, 0.29) is 0 Å². The molecule has 1 heterocycles. The molecule has 1 unspecified atom stereocenters. The van der Waals surface area contributed by atoms with Gasteiger partial charge in [0.1, 0.15) is 0 Å². The first-order valence-corrected chi connectivity index (χ1v) is 5.84. The molecule has 1 atom stereocenters. The van der Waals surface area contributed by atoms with E-state index in [0.717, 1.165) is 45.9 Å². The quantitative estimate of drug-likeness (QED) is 0.593. The normalized spacial score (nSPS) is 21.4. The van der Waals surface area contributed by atoms with Crippen molar-refractivity contribution < 1.29 is 9.47 Å². The van der Waals surface area contributed by atoms with Gasteiger partial charge in [0.25, 0.3) is 0 Å². The number of likely N-dealkylation sites (N-methyl/N-ethyl adjacent to an activating group) is 1. The van der Waals surface area contributed by atoms with Gasteiger partial charge in [0.05, 0.1) is 19.3 Å². The number of hydrogen-bond acceptors (Lipinski definition) is 4. The summed E-state index contributed by atoms with van der Waals surface area (Å²) < 4.78 is 11.0. The maximum atomic E-state index is 5.52. The number of rotatable bonds is 8. The van der Waals surface area contributed by atoms with Gasteiger partial charge < -0.3 is 19.7 Å². The SMILES string of the molecule is CN(C)CCNCCOCC1CCCO1. The molecule has 0 spiro atoms. The zero-order valence-electron chi connectivity index (χ0n) is 10.00. The molecule has 4 heteroatoms. The lowest BCUT2D eigenvalue weighted by Crippen LogP contribution is -2.29. The van der Waals surface area contributed by atoms with Crippen LogP contribution in [0.2, 0.25) is 0 Å². The van der Waals surface area contributed by atoms with Crippen LogP contribution in [0, 0.1) is 0 Å². The third-order valence-electron chi connectivity index (χ3n) is 2.49. The topological polar surface area (TPSA) is 33.7 Å². The number of nitrogens with zero attached hydrogens (tertiary/aromatic N) is 1. The van der Waals surface area contributed by atoms with Crippen molar-refractivity contribution in [1.82, 2.24) is 10.2 Å². The van der Waals surface area contributed by atoms with Crippen molar-refractivity contribution in [2.75, 3.05) is 53.6 Å². The Kier molecular flexibility index (Phi) is 6.92. The molecule has 1 N–H and O–H groups in total. The first kappa shape index (κ1) is 12.9. The van der Waals surface area contributed by atoms with Crippen LogP contribution in [0.3, 0.4) is 0 Å². The molecular formula is C11H24N2O2. The lowest BCUT2D eigenvalue weighted by atomic mass is 10.2. The maximum absolute atomic E-state index is 5.52. The van der Waals surface area contributed by atoms with E-state index < -0.39 is 0 Å². The van der Waals surface area contributed by atoms with Crippen LogP contribution in [0.25, 0.3) is 0 Å². The summed E-state index contributed by atoms with van der Waals surface area (Å²) >= 11 is 0. The highest BCUT2D eigenvalue weighted by molar-refractivity contribution is 4.63. The first-order chi connectivity index (χ1) is 7.29. The van der Waals surface area contributed by atoms with Crippen LogP contribution in [-0.4, -0.2) is 64.6 Å². The molecule has 0 radical (unpaired) electrons. The Labute approximate surface area is 92.9 Å². The molecule has 0 saturated carbocycles. The van der Waals surface area contributed by atoms with E-state index >= 15 is 0 Å². The van der Waals surface area contributed by atoms with Gasteiger partial charge in [0.2, 0.25) is 0 Å². The van der Waals surface area contributed by atoms with E-state index in [2.05, 4.69) is 24.3 Å². The Morgan fingerprint density at radius 1 is 1.40 bits per heavy atom. The van der Waals surface area contributed by atoms with Crippen LogP contribution in [0.5, 0.6) is 0 Å². The molecule has 1 aliphatic rings. The largest absolute Gasteiger partial charge is 0.377 e. The molecule has 0 aliphatic carbocycles. The van der Waals surface area contributed by atoms with Crippen LogP contribution in [0.1, 0.15) is 12.8 Å². The monoisotopic (exact) mass is 216 g/mol. The Hall–Kier alpha value is -0.160. The zero-order chi connectivity index (χ0) is 10.9. The highest BCUT2D eigenvalue weighted by Gasteiger charge is 2.14. The highest BCUT2D eigenvalue weighted by Crippen LogP contribution is 2.11. The standard InChI is InChI=1S/C11H24N2O2/c1-13(2)7-5-12-6-9-14-10-11-4-3-8-15-11/h11-12H,3-10H2,1-2H3. The second-order valence-electron chi connectivity index (χ2n) is 4.26. The van der Waals surface area contributed by atoms with Gasteiger partial charge in [-0.2, -0.15) is 0 Å². The molecule has 0 aromatic heterocycles. The molecule has 1 fully saturated rings. The minimum atomic E-state index is 0.353. The van der Waals surface area contributed by atoms with Gasteiger partial charge in [-0.05, 0) is 26.9 Å². The molecule has 0 bridgehead atoms. The summed E-state index contributed by atoms with van der Waals surface area (Å²) in [6, 6.07) is 0. The summed E-state index contributed by atoms with van der Waals surface area (Å²) in [4.78, 5) is 2.17. The number of nitrogens with one attached hydrogen (secondary N) is 1. The van der Waals surface area contributed by atoms with Crippen molar-refractivity contribution in [2.45, 2.75) is 18.9 Å². The number of ether oxygens (including phenoxy) is 2. The minimum Gasteiger partial charge on any atom is -0.377 e. The third kappa shape index (κ3) is 6.84. The van der Waals surface area contributed by atoms with Crippen molar-refractivity contribution >= 4 is 0 Å². The maximum Gasteiger partial charge on any atom is 0.0809 e. The first-order valence-electron chi connectivity index (χ1n) is 5.84. The Morgan fingerprint density at radius 3 is 2.93 bits per heavy atom. The molecule has 1 saturated heterocycles. The lowest BCUT2D eigenvalue weighted by Gasteiger charge is -2.12. The molecule has 0 aromatic rings. The molecular weight excluding hydrogens is 192 g/mol. The zero-order valence-corrected chi connectivity index (χ0v) is 10.00. The summed E-state index contributed by atoms with van der Waals surface area (Å²) in [6.07, 6.45) is 2.70. The second kappa shape index (κ2) is 8.05. The van der Waals surface area contributed by atoms with Crippen molar-refractivity contribution in [3.8, 4) is 0 Å². The Balaban J connectivity index is 1.76. The van der Waals surface area contributed by atoms with Gasteiger partial charge in [-0.25, -0.2) is 0 Å². The van der Waals surface area contributed by atoms with E-state index in [1.54, 1.807) is 0 Å². The predicted octanol–water partition coefficient (Wildman–Crippen LogP) is 0.333. The lowest BCUT2D eigenvalue weighted by molar-refractivity contribution is 0.0183. The summed E-state index contributed by atoms with van der Waals surface area (Å²) in [5.41, 5.74) is 0. The van der Waals surface area contributed by atoms with Crippen molar-refractivity contribution in [2.24, 2.45) is 0 Å². The van der Waals surface area contributed by atoms with Crippen LogP contribution < -0.4 is 5.32 Å². The van der Waals surface area contributed by atoms with Gasteiger partial charge in [-0.3, -0.25) is 0 Å². The van der Waals surface area contributed by atoms with Crippen LogP contribution in [0.4, 0.5) is 0 Å². The van der Waals surface area contributed by atoms with E-state index in [0.29, 0.717) is 6.10 Å². The van der Waals surface area contributed by atoms with Gasteiger partial charge in [-0.15, -0.1) is 0 Å². The smallest absolute Gasteiger partial charge is 0.0809 e. The summed E-state index contributed by atoms with van der Waals surface area (Å²) in [5, 5.41) is 3.33. The fourth-order valence-electron chi connectivity index (χ4n) is 1.56. The molecule has 4 nitrogen and oxygen atoms in total.